The summed E-state index contributed by atoms with van der Waals surface area (Å²) in [6.07, 6.45) is 1.64. The van der Waals surface area contributed by atoms with Gasteiger partial charge in [0.15, 0.2) is 5.17 Å². The summed E-state index contributed by atoms with van der Waals surface area (Å²) in [5.74, 6) is -0.329. The summed E-state index contributed by atoms with van der Waals surface area (Å²) in [4.78, 5) is 16.2. The minimum Gasteiger partial charge on any atom is -0.382 e. The van der Waals surface area contributed by atoms with Gasteiger partial charge in [-0.15, -0.1) is 4.40 Å². The SMILES string of the molecule is CN(C)C=C1SC(=NS(=O)(=O)c2ccc(Cl)cc2)N(c2ccccc2)C1=O. The van der Waals surface area contributed by atoms with E-state index in [0.717, 1.165) is 11.8 Å². The van der Waals surface area contributed by atoms with Crippen molar-refractivity contribution in [2.45, 2.75) is 4.90 Å². The molecule has 2 aromatic carbocycles. The van der Waals surface area contributed by atoms with E-state index in [-0.39, 0.29) is 16.0 Å². The van der Waals surface area contributed by atoms with Gasteiger partial charge in [-0.05, 0) is 48.2 Å². The number of hydrogen-bond donors (Lipinski definition) is 0. The quantitative estimate of drug-likeness (QED) is 0.706. The van der Waals surface area contributed by atoms with E-state index in [1.807, 2.05) is 6.07 Å². The third-order valence-corrected chi connectivity index (χ3v) is 6.11. The maximum absolute atomic E-state index is 12.8. The van der Waals surface area contributed by atoms with Crippen molar-refractivity contribution in [3.8, 4) is 0 Å². The Balaban J connectivity index is 2.08. The van der Waals surface area contributed by atoms with Crippen LogP contribution in [-0.2, 0) is 14.8 Å². The molecule has 0 aliphatic carbocycles. The van der Waals surface area contributed by atoms with Gasteiger partial charge in [0.2, 0.25) is 0 Å². The summed E-state index contributed by atoms with van der Waals surface area (Å²) < 4.78 is 29.3. The van der Waals surface area contributed by atoms with Gasteiger partial charge in [-0.1, -0.05) is 29.8 Å². The zero-order valence-corrected chi connectivity index (χ0v) is 16.9. The first kappa shape index (κ1) is 19.5. The number of anilines is 1. The first-order valence-electron chi connectivity index (χ1n) is 7.84. The van der Waals surface area contributed by atoms with Crippen molar-refractivity contribution in [2.24, 2.45) is 4.40 Å². The fourth-order valence-electron chi connectivity index (χ4n) is 2.33. The highest BCUT2D eigenvalue weighted by Crippen LogP contribution is 2.35. The standard InChI is InChI=1S/C18H16ClN3O3S2/c1-21(2)12-16-17(23)22(14-6-4-3-5-7-14)18(26-16)20-27(24,25)15-10-8-13(19)9-11-15/h3-12H,1-2H3. The van der Waals surface area contributed by atoms with Crippen molar-refractivity contribution in [1.82, 2.24) is 4.90 Å². The molecule has 1 heterocycles. The summed E-state index contributed by atoms with van der Waals surface area (Å²) in [6, 6.07) is 14.5. The number of hydrogen-bond acceptors (Lipinski definition) is 5. The number of para-hydroxylation sites is 1. The number of amides is 1. The van der Waals surface area contributed by atoms with Crippen molar-refractivity contribution in [1.29, 1.82) is 0 Å². The fraction of sp³-hybridized carbons (Fsp3) is 0.111. The lowest BCUT2D eigenvalue weighted by molar-refractivity contribution is -0.113. The average Bonchev–Trinajstić information content (AvgIpc) is 2.90. The Morgan fingerprint density at radius 1 is 1.07 bits per heavy atom. The summed E-state index contributed by atoms with van der Waals surface area (Å²) in [5, 5.41) is 0.503. The molecule has 0 N–H and O–H groups in total. The number of halogens is 1. The van der Waals surface area contributed by atoms with Crippen molar-refractivity contribution < 1.29 is 13.2 Å². The highest BCUT2D eigenvalue weighted by Gasteiger charge is 2.36. The van der Waals surface area contributed by atoms with Crippen LogP contribution in [0.2, 0.25) is 5.02 Å². The van der Waals surface area contributed by atoms with Crippen molar-refractivity contribution in [3.05, 3.63) is 70.7 Å². The van der Waals surface area contributed by atoms with E-state index < -0.39 is 10.0 Å². The van der Waals surface area contributed by atoms with Crippen molar-refractivity contribution in [3.63, 3.8) is 0 Å². The minimum atomic E-state index is -4.00. The monoisotopic (exact) mass is 421 g/mol. The average molecular weight is 422 g/mol. The fourth-order valence-corrected chi connectivity index (χ4v) is 4.69. The van der Waals surface area contributed by atoms with Gasteiger partial charge < -0.3 is 4.90 Å². The smallest absolute Gasteiger partial charge is 0.284 e. The van der Waals surface area contributed by atoms with Gasteiger partial charge in [-0.2, -0.15) is 8.42 Å². The lowest BCUT2D eigenvalue weighted by Crippen LogP contribution is -2.29. The summed E-state index contributed by atoms with van der Waals surface area (Å²) in [5.41, 5.74) is 0.544. The van der Waals surface area contributed by atoms with Gasteiger partial charge in [-0.3, -0.25) is 9.69 Å². The zero-order valence-electron chi connectivity index (χ0n) is 14.5. The molecule has 1 fully saturated rings. The van der Waals surface area contributed by atoms with Crippen LogP contribution in [0.5, 0.6) is 0 Å². The number of nitrogens with zero attached hydrogens (tertiary/aromatic N) is 3. The van der Waals surface area contributed by atoms with Crippen LogP contribution in [-0.4, -0.2) is 38.5 Å². The van der Waals surface area contributed by atoms with Gasteiger partial charge in [0.05, 0.1) is 15.5 Å². The third kappa shape index (κ3) is 4.35. The van der Waals surface area contributed by atoms with Crippen LogP contribution in [0.1, 0.15) is 0 Å². The number of sulfonamides is 1. The lowest BCUT2D eigenvalue weighted by atomic mass is 10.3. The number of carbonyl (C=O) groups is 1. The molecule has 0 saturated carbocycles. The molecule has 1 aliphatic rings. The molecule has 0 aromatic heterocycles. The molecule has 0 unspecified atom stereocenters. The van der Waals surface area contributed by atoms with Crippen LogP contribution in [0.15, 0.2) is 75.0 Å². The highest BCUT2D eigenvalue weighted by atomic mass is 35.5. The summed E-state index contributed by atoms with van der Waals surface area (Å²) >= 11 is 6.84. The molecule has 27 heavy (non-hydrogen) atoms. The van der Waals surface area contributed by atoms with Crippen LogP contribution in [0.25, 0.3) is 0 Å². The molecule has 1 amide bonds. The molecule has 1 saturated heterocycles. The van der Waals surface area contributed by atoms with E-state index >= 15 is 0 Å². The zero-order chi connectivity index (χ0) is 19.6. The Morgan fingerprint density at radius 3 is 2.30 bits per heavy atom. The second kappa shape index (κ2) is 7.75. The minimum absolute atomic E-state index is 0.00509. The van der Waals surface area contributed by atoms with Gasteiger partial charge in [0, 0.05) is 25.3 Å². The first-order chi connectivity index (χ1) is 12.8. The van der Waals surface area contributed by atoms with E-state index in [2.05, 4.69) is 4.40 Å². The molecular formula is C18H16ClN3O3S2. The Hall–Kier alpha value is -2.29. The number of carbonyl (C=O) groups excluding carboxylic acids is 1. The molecule has 1 aliphatic heterocycles. The number of thioether (sulfide) groups is 1. The van der Waals surface area contributed by atoms with Gasteiger partial charge in [0.25, 0.3) is 15.9 Å². The Labute approximate surface area is 167 Å². The largest absolute Gasteiger partial charge is 0.382 e. The highest BCUT2D eigenvalue weighted by molar-refractivity contribution is 8.19. The molecule has 0 radical (unpaired) electrons. The van der Waals surface area contributed by atoms with E-state index in [4.69, 9.17) is 11.6 Å². The van der Waals surface area contributed by atoms with Crippen molar-refractivity contribution in [2.75, 3.05) is 19.0 Å². The number of rotatable bonds is 4. The summed E-state index contributed by atoms with van der Waals surface area (Å²) in [7, 11) is -0.433. The van der Waals surface area contributed by atoms with Gasteiger partial charge in [0.1, 0.15) is 0 Å². The van der Waals surface area contributed by atoms with Crippen LogP contribution in [0, 0.1) is 0 Å². The Bertz CT molecular complexity index is 1020. The van der Waals surface area contributed by atoms with Crippen LogP contribution in [0.3, 0.4) is 0 Å². The van der Waals surface area contributed by atoms with E-state index in [0.29, 0.717) is 15.6 Å². The van der Waals surface area contributed by atoms with E-state index in [1.165, 1.54) is 29.2 Å². The van der Waals surface area contributed by atoms with Crippen LogP contribution >= 0.6 is 23.4 Å². The molecule has 140 valence electrons. The predicted molar refractivity (Wildman–Crippen MR) is 109 cm³/mol. The maximum Gasteiger partial charge on any atom is 0.284 e. The van der Waals surface area contributed by atoms with Crippen molar-refractivity contribution >= 4 is 50.1 Å². The third-order valence-electron chi connectivity index (χ3n) is 3.51. The first-order valence-corrected chi connectivity index (χ1v) is 10.5. The Kier molecular flexibility index (Phi) is 5.59. The Morgan fingerprint density at radius 2 is 1.70 bits per heavy atom. The van der Waals surface area contributed by atoms with E-state index in [9.17, 15) is 13.2 Å². The second-order valence-corrected chi connectivity index (χ2v) is 8.89. The molecule has 0 atom stereocenters. The molecule has 0 spiro atoms. The molecule has 6 nitrogen and oxygen atoms in total. The molecule has 9 heteroatoms. The van der Waals surface area contributed by atoms with E-state index in [1.54, 1.807) is 49.5 Å². The van der Waals surface area contributed by atoms with Gasteiger partial charge in [-0.25, -0.2) is 0 Å². The molecular weight excluding hydrogens is 406 g/mol. The second-order valence-electron chi connectivity index (χ2n) is 5.84. The predicted octanol–water partition coefficient (Wildman–Crippen LogP) is 3.57. The number of amidine groups is 1. The summed E-state index contributed by atoms with van der Waals surface area (Å²) in [6.45, 7) is 0. The number of benzene rings is 2. The molecule has 2 aromatic rings. The van der Waals surface area contributed by atoms with Crippen LogP contribution in [0.4, 0.5) is 5.69 Å². The molecule has 3 rings (SSSR count). The lowest BCUT2D eigenvalue weighted by Gasteiger charge is -2.15. The topological polar surface area (TPSA) is 70.1 Å². The normalized spacial score (nSPS) is 17.7. The molecule has 0 bridgehead atoms. The van der Waals surface area contributed by atoms with Crippen LogP contribution < -0.4 is 4.90 Å². The van der Waals surface area contributed by atoms with Gasteiger partial charge >= 0.3 is 0 Å². The maximum atomic E-state index is 12.8.